The third-order valence-corrected chi connectivity index (χ3v) is 3.52. The number of nitrogens with zero attached hydrogens (tertiary/aromatic N) is 1. The molecule has 0 aromatic heterocycles. The molecular weight excluding hydrogens is 204 g/mol. The quantitative estimate of drug-likeness (QED) is 0.745. The van der Waals surface area contributed by atoms with Gasteiger partial charge in [-0.1, -0.05) is 13.3 Å². The number of rotatable bonds is 5. The maximum Gasteiger partial charge on any atom is 0.320 e. The molecule has 16 heavy (non-hydrogen) atoms. The van der Waals surface area contributed by atoms with Gasteiger partial charge in [0.2, 0.25) is 0 Å². The first-order chi connectivity index (χ1) is 7.54. The Kier molecular flexibility index (Phi) is 5.22. The molecule has 0 aromatic carbocycles. The van der Waals surface area contributed by atoms with Gasteiger partial charge in [-0.15, -0.1) is 0 Å². The summed E-state index contributed by atoms with van der Waals surface area (Å²) in [7, 11) is 2.13. The molecule has 94 valence electrons. The standard InChI is InChI=1S/C12H24N2O2/c1-4-5-11(12(15)16)13-10-6-7-14(3)9(2)8-10/h9-11,13H,4-8H2,1-3H3,(H,15,16). The van der Waals surface area contributed by atoms with Crippen LogP contribution in [0.5, 0.6) is 0 Å². The van der Waals surface area contributed by atoms with Gasteiger partial charge in [-0.2, -0.15) is 0 Å². The fourth-order valence-electron chi connectivity index (χ4n) is 2.29. The third kappa shape index (κ3) is 3.76. The molecule has 1 aliphatic rings. The van der Waals surface area contributed by atoms with Gasteiger partial charge in [-0.05, 0) is 39.8 Å². The normalized spacial score (nSPS) is 28.9. The Hall–Kier alpha value is -0.610. The molecule has 4 nitrogen and oxygen atoms in total. The van der Waals surface area contributed by atoms with Gasteiger partial charge in [-0.25, -0.2) is 0 Å². The van der Waals surface area contributed by atoms with Crippen molar-refractivity contribution in [2.24, 2.45) is 0 Å². The van der Waals surface area contributed by atoms with Crippen molar-refractivity contribution in [2.45, 2.75) is 57.7 Å². The van der Waals surface area contributed by atoms with E-state index in [0.717, 1.165) is 32.2 Å². The van der Waals surface area contributed by atoms with Crippen LogP contribution in [0.3, 0.4) is 0 Å². The number of piperidine rings is 1. The highest BCUT2D eigenvalue weighted by atomic mass is 16.4. The zero-order chi connectivity index (χ0) is 12.1. The Morgan fingerprint density at radius 3 is 2.81 bits per heavy atom. The van der Waals surface area contributed by atoms with Crippen LogP contribution in [0.1, 0.15) is 39.5 Å². The molecule has 1 saturated heterocycles. The largest absolute Gasteiger partial charge is 0.480 e. The Bertz CT molecular complexity index is 233. The van der Waals surface area contributed by atoms with E-state index in [1.807, 2.05) is 6.92 Å². The van der Waals surface area contributed by atoms with Crippen molar-refractivity contribution in [2.75, 3.05) is 13.6 Å². The van der Waals surface area contributed by atoms with E-state index < -0.39 is 5.97 Å². The minimum absolute atomic E-state index is 0.360. The fraction of sp³-hybridized carbons (Fsp3) is 0.917. The van der Waals surface area contributed by atoms with E-state index >= 15 is 0 Å². The average Bonchev–Trinajstić information content (AvgIpc) is 2.22. The van der Waals surface area contributed by atoms with Crippen LogP contribution < -0.4 is 5.32 Å². The highest BCUT2D eigenvalue weighted by Crippen LogP contribution is 2.16. The van der Waals surface area contributed by atoms with Crippen molar-refractivity contribution >= 4 is 5.97 Å². The second kappa shape index (κ2) is 6.21. The molecule has 0 radical (unpaired) electrons. The van der Waals surface area contributed by atoms with Crippen LogP contribution in [0, 0.1) is 0 Å². The van der Waals surface area contributed by atoms with Crippen LogP contribution in [0.25, 0.3) is 0 Å². The molecule has 1 heterocycles. The topological polar surface area (TPSA) is 52.6 Å². The summed E-state index contributed by atoms with van der Waals surface area (Å²) in [5, 5.41) is 12.4. The summed E-state index contributed by atoms with van der Waals surface area (Å²) in [6, 6.07) is 0.534. The van der Waals surface area contributed by atoms with Crippen LogP contribution in [0.2, 0.25) is 0 Å². The summed E-state index contributed by atoms with van der Waals surface area (Å²) < 4.78 is 0. The molecule has 3 atom stereocenters. The predicted molar refractivity (Wildman–Crippen MR) is 64.6 cm³/mol. The molecule has 0 saturated carbocycles. The first kappa shape index (κ1) is 13.5. The summed E-state index contributed by atoms with van der Waals surface area (Å²) in [5.74, 6) is -0.714. The number of hydrogen-bond acceptors (Lipinski definition) is 3. The average molecular weight is 228 g/mol. The van der Waals surface area contributed by atoms with Gasteiger partial charge in [0.1, 0.15) is 6.04 Å². The lowest BCUT2D eigenvalue weighted by molar-refractivity contribution is -0.140. The summed E-state index contributed by atoms with van der Waals surface area (Å²) in [6.45, 7) is 5.27. The van der Waals surface area contributed by atoms with Crippen LogP contribution >= 0.6 is 0 Å². The zero-order valence-electron chi connectivity index (χ0n) is 10.6. The van der Waals surface area contributed by atoms with Gasteiger partial charge in [0.15, 0.2) is 0 Å². The maximum absolute atomic E-state index is 11.0. The number of nitrogens with one attached hydrogen (secondary N) is 1. The number of carboxylic acid groups (broad SMARTS) is 1. The zero-order valence-corrected chi connectivity index (χ0v) is 10.6. The van der Waals surface area contributed by atoms with Gasteiger partial charge in [0, 0.05) is 12.1 Å². The SMILES string of the molecule is CCCC(NC1CCN(C)C(C)C1)C(=O)O. The molecule has 0 spiro atoms. The lowest BCUT2D eigenvalue weighted by atomic mass is 9.97. The van der Waals surface area contributed by atoms with Crippen LogP contribution in [0.4, 0.5) is 0 Å². The van der Waals surface area contributed by atoms with Crippen molar-refractivity contribution in [1.29, 1.82) is 0 Å². The van der Waals surface area contributed by atoms with E-state index in [1.165, 1.54) is 0 Å². The minimum atomic E-state index is -0.714. The molecular formula is C12H24N2O2. The second-order valence-electron chi connectivity index (χ2n) is 4.90. The Morgan fingerprint density at radius 1 is 1.62 bits per heavy atom. The third-order valence-electron chi connectivity index (χ3n) is 3.52. The lowest BCUT2D eigenvalue weighted by Crippen LogP contribution is -2.50. The van der Waals surface area contributed by atoms with Crippen molar-refractivity contribution in [3.63, 3.8) is 0 Å². The predicted octanol–water partition coefficient (Wildman–Crippen LogP) is 1.31. The van der Waals surface area contributed by atoms with Gasteiger partial charge in [0.25, 0.3) is 0 Å². The van der Waals surface area contributed by atoms with E-state index in [2.05, 4.69) is 24.2 Å². The molecule has 0 aliphatic carbocycles. The van der Waals surface area contributed by atoms with Crippen molar-refractivity contribution in [3.05, 3.63) is 0 Å². The summed E-state index contributed by atoms with van der Waals surface area (Å²) in [6.07, 6.45) is 3.72. The lowest BCUT2D eigenvalue weighted by Gasteiger charge is -2.36. The number of aliphatic carboxylic acids is 1. The molecule has 0 aromatic rings. The first-order valence-electron chi connectivity index (χ1n) is 6.23. The van der Waals surface area contributed by atoms with E-state index in [0.29, 0.717) is 12.1 Å². The molecule has 0 bridgehead atoms. The summed E-state index contributed by atoms with van der Waals surface area (Å²) in [4.78, 5) is 13.4. The highest BCUT2D eigenvalue weighted by Gasteiger charge is 2.26. The Labute approximate surface area is 98.0 Å². The highest BCUT2D eigenvalue weighted by molar-refractivity contribution is 5.73. The van der Waals surface area contributed by atoms with E-state index in [9.17, 15) is 4.79 Å². The Morgan fingerprint density at radius 2 is 2.31 bits per heavy atom. The fourth-order valence-corrected chi connectivity index (χ4v) is 2.29. The molecule has 1 aliphatic heterocycles. The van der Waals surface area contributed by atoms with E-state index in [1.54, 1.807) is 0 Å². The monoisotopic (exact) mass is 228 g/mol. The van der Waals surface area contributed by atoms with Crippen LogP contribution in [-0.2, 0) is 4.79 Å². The van der Waals surface area contributed by atoms with Gasteiger partial charge in [-0.3, -0.25) is 4.79 Å². The maximum atomic E-state index is 11.0. The molecule has 1 fully saturated rings. The minimum Gasteiger partial charge on any atom is -0.480 e. The number of carboxylic acids is 1. The molecule has 1 rings (SSSR count). The Balaban J connectivity index is 2.43. The van der Waals surface area contributed by atoms with Gasteiger partial charge in [0.05, 0.1) is 0 Å². The number of likely N-dealkylation sites (tertiary alicyclic amines) is 1. The van der Waals surface area contributed by atoms with E-state index in [-0.39, 0.29) is 6.04 Å². The van der Waals surface area contributed by atoms with Crippen LogP contribution in [-0.4, -0.2) is 47.7 Å². The first-order valence-corrected chi connectivity index (χ1v) is 6.23. The number of carbonyl (C=O) groups is 1. The number of hydrogen-bond donors (Lipinski definition) is 2. The molecule has 0 amide bonds. The molecule has 4 heteroatoms. The summed E-state index contributed by atoms with van der Waals surface area (Å²) in [5.41, 5.74) is 0. The van der Waals surface area contributed by atoms with Gasteiger partial charge >= 0.3 is 5.97 Å². The van der Waals surface area contributed by atoms with Crippen molar-refractivity contribution < 1.29 is 9.90 Å². The van der Waals surface area contributed by atoms with Gasteiger partial charge < -0.3 is 15.3 Å². The second-order valence-corrected chi connectivity index (χ2v) is 4.90. The van der Waals surface area contributed by atoms with Crippen molar-refractivity contribution in [1.82, 2.24) is 10.2 Å². The van der Waals surface area contributed by atoms with Crippen molar-refractivity contribution in [3.8, 4) is 0 Å². The molecule has 3 unspecified atom stereocenters. The smallest absolute Gasteiger partial charge is 0.320 e. The summed E-state index contributed by atoms with van der Waals surface area (Å²) >= 11 is 0. The van der Waals surface area contributed by atoms with E-state index in [4.69, 9.17) is 5.11 Å². The molecule has 2 N–H and O–H groups in total. The van der Waals surface area contributed by atoms with Crippen LogP contribution in [0.15, 0.2) is 0 Å².